The van der Waals surface area contributed by atoms with Crippen LogP contribution in [-0.2, 0) is 0 Å². The first-order chi connectivity index (χ1) is 4.68. The highest BCUT2D eigenvalue weighted by Gasteiger charge is 2.01. The molecule has 54 valence electrons. The first-order valence-electron chi connectivity index (χ1n) is 2.81. The number of hydrogen-bond acceptors (Lipinski definition) is 1. The Hall–Kier alpha value is -1.12. The van der Waals surface area contributed by atoms with Gasteiger partial charge in [0.1, 0.15) is 17.4 Å². The van der Waals surface area contributed by atoms with Crippen molar-refractivity contribution in [3.63, 3.8) is 0 Å². The summed E-state index contributed by atoms with van der Waals surface area (Å²) in [6.45, 7) is 0. The summed E-state index contributed by atoms with van der Waals surface area (Å²) < 4.78 is 24.6. The summed E-state index contributed by atoms with van der Waals surface area (Å²) in [7, 11) is 0. The molecule has 0 amide bonds. The second kappa shape index (κ2) is 2.64. The van der Waals surface area contributed by atoms with Gasteiger partial charge in [-0.15, -0.1) is 0 Å². The SMILES string of the molecule is OC1=CC(F)=CCC(F)=C1. The lowest BCUT2D eigenvalue weighted by atomic mass is 10.3. The second-order valence-electron chi connectivity index (χ2n) is 1.95. The fourth-order valence-electron chi connectivity index (χ4n) is 0.656. The van der Waals surface area contributed by atoms with Gasteiger partial charge in [-0.1, -0.05) is 0 Å². The van der Waals surface area contributed by atoms with Crippen LogP contribution in [0.5, 0.6) is 0 Å². The standard InChI is InChI=1S/C7H6F2O/c8-5-1-2-6(9)4-7(10)3-5/h1,3-4,10H,2H2. The smallest absolute Gasteiger partial charge is 0.123 e. The van der Waals surface area contributed by atoms with Gasteiger partial charge in [-0.3, -0.25) is 0 Å². The van der Waals surface area contributed by atoms with Crippen LogP contribution in [0.3, 0.4) is 0 Å². The van der Waals surface area contributed by atoms with Crippen molar-refractivity contribution in [2.75, 3.05) is 0 Å². The lowest BCUT2D eigenvalue weighted by Crippen LogP contribution is -1.73. The Morgan fingerprint density at radius 2 is 2.00 bits per heavy atom. The van der Waals surface area contributed by atoms with Crippen LogP contribution in [0.25, 0.3) is 0 Å². The molecule has 0 bridgehead atoms. The Kier molecular flexibility index (Phi) is 1.85. The average Bonchev–Trinajstić information content (AvgIpc) is 1.93. The lowest BCUT2D eigenvalue weighted by molar-refractivity contribution is 0.426. The van der Waals surface area contributed by atoms with Gasteiger partial charge in [0.25, 0.3) is 0 Å². The molecule has 3 heteroatoms. The Labute approximate surface area is 57.0 Å². The molecule has 0 unspecified atom stereocenters. The predicted molar refractivity (Wildman–Crippen MR) is 33.7 cm³/mol. The predicted octanol–water partition coefficient (Wildman–Crippen LogP) is 2.54. The quantitative estimate of drug-likeness (QED) is 0.553. The molecule has 1 rings (SSSR count). The van der Waals surface area contributed by atoms with Gasteiger partial charge >= 0.3 is 0 Å². The van der Waals surface area contributed by atoms with E-state index in [2.05, 4.69) is 0 Å². The van der Waals surface area contributed by atoms with E-state index >= 15 is 0 Å². The maximum absolute atomic E-state index is 12.3. The minimum atomic E-state index is -0.610. The monoisotopic (exact) mass is 144 g/mol. The van der Waals surface area contributed by atoms with Gasteiger partial charge in [0.05, 0.1) is 0 Å². The maximum atomic E-state index is 12.3. The maximum Gasteiger partial charge on any atom is 0.123 e. The van der Waals surface area contributed by atoms with Crippen molar-refractivity contribution in [2.45, 2.75) is 6.42 Å². The molecule has 0 fully saturated rings. The van der Waals surface area contributed by atoms with Crippen molar-refractivity contribution in [3.8, 4) is 0 Å². The van der Waals surface area contributed by atoms with Gasteiger partial charge in [-0.2, -0.15) is 0 Å². The second-order valence-corrected chi connectivity index (χ2v) is 1.95. The summed E-state index contributed by atoms with van der Waals surface area (Å²) in [5.41, 5.74) is 0. The molecule has 0 aromatic heterocycles. The number of aliphatic hydroxyl groups is 1. The van der Waals surface area contributed by atoms with E-state index in [-0.39, 0.29) is 12.2 Å². The van der Waals surface area contributed by atoms with Crippen LogP contribution in [-0.4, -0.2) is 5.11 Å². The van der Waals surface area contributed by atoms with Gasteiger partial charge in [0.2, 0.25) is 0 Å². The third-order valence-corrected chi connectivity index (χ3v) is 1.08. The van der Waals surface area contributed by atoms with E-state index in [1.165, 1.54) is 0 Å². The summed E-state index contributed by atoms with van der Waals surface area (Å²) in [4.78, 5) is 0. The Morgan fingerprint density at radius 1 is 1.30 bits per heavy atom. The molecule has 0 heterocycles. The molecule has 1 aliphatic rings. The topological polar surface area (TPSA) is 20.2 Å². The summed E-state index contributed by atoms with van der Waals surface area (Å²) in [6.07, 6.45) is 2.73. The van der Waals surface area contributed by atoms with Gasteiger partial charge < -0.3 is 5.11 Å². The highest BCUT2D eigenvalue weighted by atomic mass is 19.1. The first kappa shape index (κ1) is 6.99. The fraction of sp³-hybridized carbons (Fsp3) is 0.143. The lowest BCUT2D eigenvalue weighted by Gasteiger charge is -1.86. The zero-order valence-electron chi connectivity index (χ0n) is 5.14. The zero-order chi connectivity index (χ0) is 7.56. The number of allylic oxidation sites excluding steroid dienone is 5. The van der Waals surface area contributed by atoms with Crippen LogP contribution < -0.4 is 0 Å². The molecule has 1 nitrogen and oxygen atoms in total. The minimum Gasteiger partial charge on any atom is -0.508 e. The third-order valence-electron chi connectivity index (χ3n) is 1.08. The molecule has 0 aromatic rings. The summed E-state index contributed by atoms with van der Waals surface area (Å²) in [5, 5.41) is 8.69. The van der Waals surface area contributed by atoms with Crippen molar-refractivity contribution in [1.29, 1.82) is 0 Å². The van der Waals surface area contributed by atoms with E-state index in [0.29, 0.717) is 0 Å². The largest absolute Gasteiger partial charge is 0.508 e. The van der Waals surface area contributed by atoms with Crippen molar-refractivity contribution in [2.24, 2.45) is 0 Å². The number of rotatable bonds is 0. The zero-order valence-corrected chi connectivity index (χ0v) is 5.14. The van der Waals surface area contributed by atoms with E-state index in [1.54, 1.807) is 0 Å². The Morgan fingerprint density at radius 3 is 2.70 bits per heavy atom. The fourth-order valence-corrected chi connectivity index (χ4v) is 0.656. The Balaban J connectivity index is 2.90. The summed E-state index contributed by atoms with van der Waals surface area (Å²) in [5.74, 6) is -1.54. The molecule has 1 N–H and O–H groups in total. The van der Waals surface area contributed by atoms with Crippen LogP contribution in [0.1, 0.15) is 6.42 Å². The van der Waals surface area contributed by atoms with Crippen LogP contribution >= 0.6 is 0 Å². The Bertz CT molecular complexity index is 226. The van der Waals surface area contributed by atoms with Crippen LogP contribution in [0.2, 0.25) is 0 Å². The highest BCUT2D eigenvalue weighted by molar-refractivity contribution is 5.27. The van der Waals surface area contributed by atoms with Crippen molar-refractivity contribution in [1.82, 2.24) is 0 Å². The van der Waals surface area contributed by atoms with Gasteiger partial charge in [-0.25, -0.2) is 8.78 Å². The third kappa shape index (κ3) is 1.69. The van der Waals surface area contributed by atoms with Crippen LogP contribution in [0.4, 0.5) is 8.78 Å². The molecule has 0 radical (unpaired) electrons. The molecule has 10 heavy (non-hydrogen) atoms. The molecular formula is C7H6F2O. The van der Waals surface area contributed by atoms with Crippen molar-refractivity contribution >= 4 is 0 Å². The summed E-state index contributed by atoms with van der Waals surface area (Å²) in [6, 6.07) is 0. The van der Waals surface area contributed by atoms with Gasteiger partial charge in [-0.05, 0) is 6.08 Å². The normalized spacial score (nSPS) is 18.8. The van der Waals surface area contributed by atoms with Gasteiger partial charge in [0.15, 0.2) is 0 Å². The van der Waals surface area contributed by atoms with E-state index in [4.69, 9.17) is 5.11 Å². The molecule has 0 spiro atoms. The minimum absolute atomic E-state index is 0.0909. The molecule has 0 aromatic carbocycles. The van der Waals surface area contributed by atoms with E-state index in [9.17, 15) is 8.78 Å². The average molecular weight is 144 g/mol. The first-order valence-corrected chi connectivity index (χ1v) is 2.81. The molecule has 0 saturated heterocycles. The van der Waals surface area contributed by atoms with E-state index in [0.717, 1.165) is 18.2 Å². The van der Waals surface area contributed by atoms with Crippen LogP contribution in [0, 0.1) is 0 Å². The number of aliphatic hydroxyl groups excluding tert-OH is 1. The molecule has 1 aliphatic carbocycles. The summed E-state index contributed by atoms with van der Waals surface area (Å²) >= 11 is 0. The molecule has 0 aliphatic heterocycles. The molecule has 0 atom stereocenters. The van der Waals surface area contributed by atoms with Gasteiger partial charge in [0, 0.05) is 18.6 Å². The number of hydrogen-bond donors (Lipinski definition) is 1. The van der Waals surface area contributed by atoms with Crippen molar-refractivity contribution < 1.29 is 13.9 Å². The van der Waals surface area contributed by atoms with E-state index < -0.39 is 11.7 Å². The number of halogens is 2. The highest BCUT2D eigenvalue weighted by Crippen LogP contribution is 2.16. The molecular weight excluding hydrogens is 138 g/mol. The van der Waals surface area contributed by atoms with Crippen molar-refractivity contribution in [3.05, 3.63) is 35.6 Å². The van der Waals surface area contributed by atoms with Crippen LogP contribution in [0.15, 0.2) is 35.6 Å². The van der Waals surface area contributed by atoms with E-state index in [1.807, 2.05) is 0 Å². The molecule has 0 saturated carbocycles.